The number of carbonyl (C=O) groups is 1. The predicted octanol–water partition coefficient (Wildman–Crippen LogP) is 0.981. The second-order valence-electron chi connectivity index (χ2n) is 1.29. The third kappa shape index (κ3) is 5.90. The summed E-state index contributed by atoms with van der Waals surface area (Å²) in [7, 11) is 2.06. The molecule has 0 radical (unpaired) electrons. The molecule has 0 heterocycles. The maximum absolute atomic E-state index is 10.1. The Labute approximate surface area is 45.9 Å². The van der Waals surface area contributed by atoms with E-state index in [1.165, 1.54) is 0 Å². The maximum Gasteiger partial charge on any atom is 0.234 e. The van der Waals surface area contributed by atoms with Crippen LogP contribution in [0.4, 0.5) is 4.79 Å². The van der Waals surface area contributed by atoms with Crippen molar-refractivity contribution in [2.24, 2.45) is 0 Å². The second-order valence-corrected chi connectivity index (χ2v) is 1.82. The SMILES string of the molecule is CCCNC(=O)P. The van der Waals surface area contributed by atoms with E-state index in [0.717, 1.165) is 13.0 Å². The molecule has 1 unspecified atom stereocenters. The van der Waals surface area contributed by atoms with Crippen LogP contribution in [-0.4, -0.2) is 12.2 Å². The molecule has 3 heteroatoms. The van der Waals surface area contributed by atoms with Gasteiger partial charge in [-0.25, -0.2) is 0 Å². The Balaban J connectivity index is 2.82. The Kier molecular flexibility index (Phi) is 4.01. The number of hydrogen-bond donors (Lipinski definition) is 1. The second kappa shape index (κ2) is 4.07. The predicted molar refractivity (Wildman–Crippen MR) is 33.4 cm³/mol. The van der Waals surface area contributed by atoms with Gasteiger partial charge >= 0.3 is 0 Å². The summed E-state index contributed by atoms with van der Waals surface area (Å²) in [5.41, 5.74) is -0.0261. The molecule has 0 rings (SSSR count). The van der Waals surface area contributed by atoms with Gasteiger partial charge in [0.05, 0.1) is 0 Å². The van der Waals surface area contributed by atoms with E-state index >= 15 is 0 Å². The molecule has 0 aliphatic carbocycles. The molecule has 0 spiro atoms. The van der Waals surface area contributed by atoms with Gasteiger partial charge in [0.2, 0.25) is 5.65 Å². The highest BCUT2D eigenvalue weighted by molar-refractivity contribution is 7.39. The van der Waals surface area contributed by atoms with Crippen molar-refractivity contribution in [1.29, 1.82) is 0 Å². The Morgan fingerprint density at radius 2 is 2.43 bits per heavy atom. The lowest BCUT2D eigenvalue weighted by molar-refractivity contribution is 0.260. The molecule has 1 amide bonds. The van der Waals surface area contributed by atoms with Crippen molar-refractivity contribution in [3.8, 4) is 0 Å². The van der Waals surface area contributed by atoms with Crippen LogP contribution in [0, 0.1) is 0 Å². The van der Waals surface area contributed by atoms with Crippen molar-refractivity contribution in [2.45, 2.75) is 13.3 Å². The van der Waals surface area contributed by atoms with E-state index in [4.69, 9.17) is 0 Å². The molecule has 0 aliphatic rings. The highest BCUT2D eigenvalue weighted by Crippen LogP contribution is 1.81. The molecule has 0 aromatic heterocycles. The third-order valence-electron chi connectivity index (χ3n) is 0.549. The summed E-state index contributed by atoms with van der Waals surface area (Å²) >= 11 is 0. The lowest BCUT2D eigenvalue weighted by atomic mass is 10.5. The van der Waals surface area contributed by atoms with Crippen molar-refractivity contribution in [1.82, 2.24) is 5.32 Å². The molecule has 0 bridgehead atoms. The number of carbonyl (C=O) groups excluding carboxylic acids is 1. The van der Waals surface area contributed by atoms with Gasteiger partial charge in [0.25, 0.3) is 0 Å². The van der Waals surface area contributed by atoms with Crippen LogP contribution >= 0.6 is 9.24 Å². The zero-order valence-corrected chi connectivity index (χ0v) is 5.55. The first-order valence-electron chi connectivity index (χ1n) is 2.30. The molecule has 0 aromatic rings. The third-order valence-corrected chi connectivity index (χ3v) is 0.753. The monoisotopic (exact) mass is 119 g/mol. The summed E-state index contributed by atoms with van der Waals surface area (Å²) in [4.78, 5) is 10.1. The van der Waals surface area contributed by atoms with Gasteiger partial charge in [-0.2, -0.15) is 0 Å². The van der Waals surface area contributed by atoms with Gasteiger partial charge in [-0.15, -0.1) is 0 Å². The van der Waals surface area contributed by atoms with Gasteiger partial charge in [-0.05, 0) is 15.7 Å². The molecule has 0 saturated carbocycles. The van der Waals surface area contributed by atoms with E-state index in [1.807, 2.05) is 6.92 Å². The molecule has 0 aliphatic heterocycles. The van der Waals surface area contributed by atoms with Gasteiger partial charge in [0.15, 0.2) is 0 Å². The Hall–Kier alpha value is -0.100. The largest absolute Gasteiger partial charge is 0.353 e. The van der Waals surface area contributed by atoms with Crippen LogP contribution in [0.1, 0.15) is 13.3 Å². The normalized spacial score (nSPS) is 8.29. The van der Waals surface area contributed by atoms with Gasteiger partial charge in [0, 0.05) is 6.54 Å². The lowest BCUT2D eigenvalue weighted by Gasteiger charge is -1.93. The summed E-state index contributed by atoms with van der Waals surface area (Å²) in [6.45, 7) is 2.79. The van der Waals surface area contributed by atoms with Crippen molar-refractivity contribution in [2.75, 3.05) is 6.54 Å². The van der Waals surface area contributed by atoms with Crippen LogP contribution in [-0.2, 0) is 0 Å². The average Bonchev–Trinajstić information content (AvgIpc) is 1.61. The molecular weight excluding hydrogens is 109 g/mol. The molecule has 0 fully saturated rings. The number of nitrogens with one attached hydrogen (secondary N) is 1. The van der Waals surface area contributed by atoms with Crippen LogP contribution < -0.4 is 5.32 Å². The van der Waals surface area contributed by atoms with Crippen LogP contribution in [0.5, 0.6) is 0 Å². The minimum absolute atomic E-state index is 0.0261. The Morgan fingerprint density at radius 1 is 1.86 bits per heavy atom. The van der Waals surface area contributed by atoms with Crippen LogP contribution in [0.15, 0.2) is 0 Å². The molecule has 2 nitrogen and oxygen atoms in total. The van der Waals surface area contributed by atoms with E-state index in [-0.39, 0.29) is 5.65 Å². The fourth-order valence-corrected chi connectivity index (χ4v) is 0.393. The molecular formula is C4H10NOP. The van der Waals surface area contributed by atoms with E-state index in [2.05, 4.69) is 14.6 Å². The molecule has 42 valence electrons. The first kappa shape index (κ1) is 6.90. The molecule has 0 saturated heterocycles. The van der Waals surface area contributed by atoms with Gasteiger partial charge < -0.3 is 5.32 Å². The first-order chi connectivity index (χ1) is 3.27. The molecule has 1 N–H and O–H groups in total. The van der Waals surface area contributed by atoms with E-state index in [0.29, 0.717) is 0 Å². The zero-order chi connectivity index (χ0) is 5.70. The van der Waals surface area contributed by atoms with Crippen LogP contribution in [0.3, 0.4) is 0 Å². The van der Waals surface area contributed by atoms with Crippen molar-refractivity contribution in [3.63, 3.8) is 0 Å². The number of hydrogen-bond acceptors (Lipinski definition) is 1. The van der Waals surface area contributed by atoms with Crippen LogP contribution in [0.2, 0.25) is 0 Å². The molecule has 1 atom stereocenters. The summed E-state index contributed by atoms with van der Waals surface area (Å²) < 4.78 is 0. The maximum atomic E-state index is 10.1. The summed E-state index contributed by atoms with van der Waals surface area (Å²) in [6.07, 6.45) is 1.00. The van der Waals surface area contributed by atoms with Crippen molar-refractivity contribution >= 4 is 14.9 Å². The summed E-state index contributed by atoms with van der Waals surface area (Å²) in [5.74, 6) is 0. The minimum Gasteiger partial charge on any atom is -0.353 e. The van der Waals surface area contributed by atoms with Gasteiger partial charge in [-0.1, -0.05) is 6.92 Å². The Bertz CT molecular complexity index is 64.7. The number of amides is 1. The fraction of sp³-hybridized carbons (Fsp3) is 0.750. The average molecular weight is 119 g/mol. The first-order valence-corrected chi connectivity index (χ1v) is 2.88. The number of rotatable bonds is 2. The quantitative estimate of drug-likeness (QED) is 0.539. The summed E-state index contributed by atoms with van der Waals surface area (Å²) in [6, 6.07) is 0. The smallest absolute Gasteiger partial charge is 0.234 e. The van der Waals surface area contributed by atoms with Gasteiger partial charge in [0.1, 0.15) is 0 Å². The van der Waals surface area contributed by atoms with E-state index in [9.17, 15) is 4.79 Å². The summed E-state index contributed by atoms with van der Waals surface area (Å²) in [5, 5.41) is 2.62. The van der Waals surface area contributed by atoms with Crippen molar-refractivity contribution in [3.05, 3.63) is 0 Å². The topological polar surface area (TPSA) is 29.1 Å². The van der Waals surface area contributed by atoms with Crippen LogP contribution in [0.25, 0.3) is 0 Å². The highest BCUT2D eigenvalue weighted by atomic mass is 31.0. The zero-order valence-electron chi connectivity index (χ0n) is 4.40. The highest BCUT2D eigenvalue weighted by Gasteiger charge is 1.83. The van der Waals surface area contributed by atoms with E-state index in [1.54, 1.807) is 0 Å². The lowest BCUT2D eigenvalue weighted by Crippen LogP contribution is -2.15. The van der Waals surface area contributed by atoms with Crippen molar-refractivity contribution < 1.29 is 4.79 Å². The minimum atomic E-state index is -0.0261. The molecule has 0 aromatic carbocycles. The van der Waals surface area contributed by atoms with Gasteiger partial charge in [-0.3, -0.25) is 4.79 Å². The van der Waals surface area contributed by atoms with E-state index < -0.39 is 0 Å². The Morgan fingerprint density at radius 3 is 2.57 bits per heavy atom. The fourth-order valence-electron chi connectivity index (χ4n) is 0.248. The molecule has 7 heavy (non-hydrogen) atoms. The standard InChI is InChI=1S/C4H10NOP/c1-2-3-5-4(6)7/h2-3,7H2,1H3,(H,5,6).